The smallest absolute Gasteiger partial charge is 0.241 e. The van der Waals surface area contributed by atoms with E-state index in [-0.39, 0.29) is 5.91 Å². The molecule has 0 spiro atoms. The maximum Gasteiger partial charge on any atom is 0.241 e. The topological polar surface area (TPSA) is 22.0 Å². The van der Waals surface area contributed by atoms with Crippen LogP contribution >= 0.6 is 23.4 Å². The third kappa shape index (κ3) is 2.70. The second kappa shape index (κ2) is 6.34. The van der Waals surface area contributed by atoms with Gasteiger partial charge in [-0.2, -0.15) is 0 Å². The second-order valence-corrected chi connectivity index (χ2v) is 6.99. The fraction of sp³-hybridized carbons (Fsp3) is 0.0500. The number of hydrogen-bond donors (Lipinski definition) is 0. The molecule has 4 heteroatoms. The summed E-state index contributed by atoms with van der Waals surface area (Å²) in [7, 11) is 0. The molecule has 0 aliphatic rings. The highest BCUT2D eigenvalue weighted by atomic mass is 35.5. The van der Waals surface area contributed by atoms with E-state index in [4.69, 9.17) is 11.6 Å². The van der Waals surface area contributed by atoms with Crippen molar-refractivity contribution in [3.63, 3.8) is 0 Å². The predicted molar refractivity (Wildman–Crippen MR) is 102 cm³/mol. The van der Waals surface area contributed by atoms with E-state index in [1.165, 1.54) is 11.8 Å². The zero-order valence-electron chi connectivity index (χ0n) is 12.8. The van der Waals surface area contributed by atoms with E-state index in [0.29, 0.717) is 10.8 Å². The summed E-state index contributed by atoms with van der Waals surface area (Å²) in [5, 5.41) is 2.92. The molecule has 0 aliphatic heterocycles. The maximum atomic E-state index is 12.9. The molecule has 0 amide bonds. The van der Waals surface area contributed by atoms with Gasteiger partial charge in [0.05, 0.1) is 16.8 Å². The van der Waals surface area contributed by atoms with E-state index in [1.807, 2.05) is 65.2 Å². The van der Waals surface area contributed by atoms with Gasteiger partial charge in [-0.15, -0.1) is 11.8 Å². The van der Waals surface area contributed by atoms with E-state index in [9.17, 15) is 4.79 Å². The Labute approximate surface area is 149 Å². The van der Waals surface area contributed by atoms with Crippen LogP contribution in [0.3, 0.4) is 0 Å². The van der Waals surface area contributed by atoms with Gasteiger partial charge in [-0.1, -0.05) is 48.0 Å². The minimum Gasteiger partial charge on any atom is -0.279 e. The molecular weight excluding hydrogens is 338 g/mol. The van der Waals surface area contributed by atoms with Crippen molar-refractivity contribution in [3.05, 3.63) is 77.8 Å². The highest BCUT2D eigenvalue weighted by Crippen LogP contribution is 2.29. The number of para-hydroxylation sites is 2. The van der Waals surface area contributed by atoms with Crippen LogP contribution in [0.15, 0.2) is 77.7 Å². The summed E-state index contributed by atoms with van der Waals surface area (Å²) in [6.45, 7) is 0. The van der Waals surface area contributed by atoms with Gasteiger partial charge in [0.1, 0.15) is 0 Å². The molecular formula is C20H14ClNOS. The number of thioether (sulfide) groups is 1. The number of carbonyl (C=O) groups is 1. The molecule has 1 heterocycles. The summed E-state index contributed by atoms with van der Waals surface area (Å²) < 4.78 is 1.83. The molecule has 2 nitrogen and oxygen atoms in total. The summed E-state index contributed by atoms with van der Waals surface area (Å²) in [6, 6.07) is 23.6. The summed E-state index contributed by atoms with van der Waals surface area (Å²) >= 11 is 7.43. The SMILES string of the molecule is O=C(CSc1ccc(Cl)cc1)n1c2ccccc2c2ccccc21. The van der Waals surface area contributed by atoms with E-state index >= 15 is 0 Å². The lowest BCUT2D eigenvalue weighted by molar-refractivity contribution is 0.0951. The Morgan fingerprint density at radius 1 is 0.833 bits per heavy atom. The first-order valence-electron chi connectivity index (χ1n) is 7.64. The van der Waals surface area contributed by atoms with Crippen molar-refractivity contribution in [1.29, 1.82) is 0 Å². The molecule has 24 heavy (non-hydrogen) atoms. The molecule has 0 atom stereocenters. The van der Waals surface area contributed by atoms with Crippen molar-refractivity contribution in [3.8, 4) is 0 Å². The van der Waals surface area contributed by atoms with Gasteiger partial charge >= 0.3 is 0 Å². The van der Waals surface area contributed by atoms with Crippen molar-refractivity contribution in [2.45, 2.75) is 4.90 Å². The second-order valence-electron chi connectivity index (χ2n) is 5.51. The molecule has 0 fully saturated rings. The summed E-state index contributed by atoms with van der Waals surface area (Å²) in [5.41, 5.74) is 1.92. The largest absolute Gasteiger partial charge is 0.279 e. The first-order valence-corrected chi connectivity index (χ1v) is 9.00. The van der Waals surface area contributed by atoms with Gasteiger partial charge in [0.25, 0.3) is 0 Å². The normalized spacial score (nSPS) is 11.2. The quantitative estimate of drug-likeness (QED) is 0.430. The lowest BCUT2D eigenvalue weighted by Gasteiger charge is -2.06. The lowest BCUT2D eigenvalue weighted by Crippen LogP contribution is -2.12. The summed E-state index contributed by atoms with van der Waals surface area (Å²) in [5.74, 6) is 0.456. The molecule has 0 unspecified atom stereocenters. The van der Waals surface area contributed by atoms with Crippen molar-refractivity contribution in [2.75, 3.05) is 5.75 Å². The number of halogens is 1. The van der Waals surface area contributed by atoms with E-state index < -0.39 is 0 Å². The molecule has 0 N–H and O–H groups in total. The average molecular weight is 352 g/mol. The van der Waals surface area contributed by atoms with E-state index in [0.717, 1.165) is 26.7 Å². The molecule has 3 aromatic carbocycles. The fourth-order valence-electron chi connectivity index (χ4n) is 2.93. The Bertz CT molecular complexity index is 983. The highest BCUT2D eigenvalue weighted by Gasteiger charge is 2.15. The van der Waals surface area contributed by atoms with Crippen LogP contribution in [0, 0.1) is 0 Å². The van der Waals surface area contributed by atoms with Crippen LogP contribution in [-0.2, 0) is 0 Å². The Balaban J connectivity index is 1.71. The first-order chi connectivity index (χ1) is 11.7. The Morgan fingerprint density at radius 2 is 1.38 bits per heavy atom. The van der Waals surface area contributed by atoms with Crippen LogP contribution < -0.4 is 0 Å². The van der Waals surface area contributed by atoms with Gasteiger partial charge < -0.3 is 0 Å². The third-order valence-corrected chi connectivity index (χ3v) is 5.25. The molecule has 118 valence electrons. The van der Waals surface area contributed by atoms with Crippen LogP contribution in [0.4, 0.5) is 0 Å². The van der Waals surface area contributed by atoms with Crippen LogP contribution in [-0.4, -0.2) is 16.2 Å². The van der Waals surface area contributed by atoms with Crippen molar-refractivity contribution in [1.82, 2.24) is 4.57 Å². The van der Waals surface area contributed by atoms with Gasteiger partial charge in [0, 0.05) is 20.7 Å². The van der Waals surface area contributed by atoms with Crippen molar-refractivity contribution in [2.24, 2.45) is 0 Å². The number of carbonyl (C=O) groups excluding carboxylic acids is 1. The summed E-state index contributed by atoms with van der Waals surface area (Å²) in [4.78, 5) is 13.9. The van der Waals surface area contributed by atoms with Gasteiger partial charge in [-0.25, -0.2) is 0 Å². The van der Waals surface area contributed by atoms with Gasteiger partial charge in [-0.05, 0) is 36.4 Å². The molecule has 1 aromatic heterocycles. The fourth-order valence-corrected chi connectivity index (χ4v) is 3.81. The number of aromatic nitrogens is 1. The predicted octanol–water partition coefficient (Wildman–Crippen LogP) is 5.88. The van der Waals surface area contributed by atoms with Gasteiger partial charge in [0.2, 0.25) is 5.91 Å². The highest BCUT2D eigenvalue weighted by molar-refractivity contribution is 8.00. The van der Waals surface area contributed by atoms with Crippen molar-refractivity contribution >= 4 is 51.1 Å². The van der Waals surface area contributed by atoms with Crippen LogP contribution in [0.25, 0.3) is 21.8 Å². The molecule has 4 rings (SSSR count). The van der Waals surface area contributed by atoms with Crippen molar-refractivity contribution < 1.29 is 4.79 Å². The Hall–Kier alpha value is -2.23. The molecule has 4 aromatic rings. The molecule has 0 radical (unpaired) electrons. The number of rotatable bonds is 3. The van der Waals surface area contributed by atoms with E-state index in [1.54, 1.807) is 0 Å². The average Bonchev–Trinajstić information content (AvgIpc) is 2.96. The summed E-state index contributed by atoms with van der Waals surface area (Å²) in [6.07, 6.45) is 0. The number of benzene rings is 3. The molecule has 0 aliphatic carbocycles. The maximum absolute atomic E-state index is 12.9. The van der Waals surface area contributed by atoms with Crippen LogP contribution in [0.5, 0.6) is 0 Å². The monoisotopic (exact) mass is 351 g/mol. The minimum absolute atomic E-state index is 0.0762. The minimum atomic E-state index is 0.0762. The zero-order chi connectivity index (χ0) is 16.5. The Morgan fingerprint density at radius 3 is 1.96 bits per heavy atom. The third-order valence-electron chi connectivity index (χ3n) is 4.01. The number of nitrogens with zero attached hydrogens (tertiary/aromatic N) is 1. The van der Waals surface area contributed by atoms with Crippen LogP contribution in [0.1, 0.15) is 4.79 Å². The van der Waals surface area contributed by atoms with Crippen LogP contribution in [0.2, 0.25) is 5.02 Å². The van der Waals surface area contributed by atoms with Gasteiger partial charge in [-0.3, -0.25) is 9.36 Å². The van der Waals surface area contributed by atoms with E-state index in [2.05, 4.69) is 12.1 Å². The number of fused-ring (bicyclic) bond motifs is 3. The Kier molecular flexibility index (Phi) is 4.05. The standard InChI is InChI=1S/C20H14ClNOS/c21-14-9-11-15(12-10-14)24-13-20(23)22-18-7-3-1-5-16(18)17-6-2-4-8-19(17)22/h1-12H,13H2. The molecule has 0 bridgehead atoms. The lowest BCUT2D eigenvalue weighted by atomic mass is 10.2. The molecule has 0 saturated heterocycles. The zero-order valence-corrected chi connectivity index (χ0v) is 14.3. The molecule has 0 saturated carbocycles. The van der Waals surface area contributed by atoms with Gasteiger partial charge in [0.15, 0.2) is 0 Å². The first kappa shape index (κ1) is 15.3. The number of hydrogen-bond acceptors (Lipinski definition) is 2.